The van der Waals surface area contributed by atoms with Crippen molar-refractivity contribution < 1.29 is 4.79 Å². The topological polar surface area (TPSA) is 73.8 Å². The second kappa shape index (κ2) is 4.89. The molecule has 2 aromatic heterocycles. The number of thioether (sulfide) groups is 1. The van der Waals surface area contributed by atoms with Gasteiger partial charge < -0.3 is 10.3 Å². The first-order valence-electron chi connectivity index (χ1n) is 4.99. The van der Waals surface area contributed by atoms with Gasteiger partial charge in [0, 0.05) is 7.05 Å². The van der Waals surface area contributed by atoms with Crippen molar-refractivity contribution in [2.24, 2.45) is 12.8 Å². The lowest BCUT2D eigenvalue weighted by Crippen LogP contribution is -2.22. The van der Waals surface area contributed by atoms with E-state index in [0.717, 1.165) is 10.7 Å². The molecule has 0 unspecified atom stereocenters. The van der Waals surface area contributed by atoms with Crippen LogP contribution in [0.2, 0.25) is 0 Å². The zero-order valence-electron chi connectivity index (χ0n) is 9.45. The fourth-order valence-electron chi connectivity index (χ4n) is 1.25. The summed E-state index contributed by atoms with van der Waals surface area (Å²) in [5.74, 6) is 0.454. The highest BCUT2D eigenvalue weighted by atomic mass is 32.2. The van der Waals surface area contributed by atoms with E-state index in [1.165, 1.54) is 11.8 Å². The Kier molecular flexibility index (Phi) is 3.49. The Labute approximate surface area is 107 Å². The van der Waals surface area contributed by atoms with Crippen LogP contribution in [0, 0.1) is 0 Å². The number of amides is 1. The van der Waals surface area contributed by atoms with Crippen LogP contribution in [0.15, 0.2) is 22.7 Å². The summed E-state index contributed by atoms with van der Waals surface area (Å²) < 4.78 is 1.87. The molecule has 0 saturated heterocycles. The molecule has 2 heterocycles. The molecule has 0 aliphatic heterocycles. The Morgan fingerprint density at radius 1 is 1.59 bits per heavy atom. The molecule has 5 nitrogen and oxygen atoms in total. The third-order valence-corrected chi connectivity index (χ3v) is 4.28. The van der Waals surface area contributed by atoms with Gasteiger partial charge in [0.1, 0.15) is 0 Å². The lowest BCUT2D eigenvalue weighted by molar-refractivity contribution is -0.117. The van der Waals surface area contributed by atoms with Gasteiger partial charge in [-0.1, -0.05) is 17.8 Å². The number of carbonyl (C=O) groups excluding carboxylic acids is 1. The van der Waals surface area contributed by atoms with E-state index < -0.39 is 0 Å². The minimum atomic E-state index is -0.351. The zero-order valence-corrected chi connectivity index (χ0v) is 11.1. The summed E-state index contributed by atoms with van der Waals surface area (Å²) in [6, 6.07) is 3.95. The van der Waals surface area contributed by atoms with Crippen molar-refractivity contribution in [1.29, 1.82) is 0 Å². The lowest BCUT2D eigenvalue weighted by atomic mass is 10.4. The Morgan fingerprint density at radius 2 is 2.35 bits per heavy atom. The van der Waals surface area contributed by atoms with Gasteiger partial charge in [-0.3, -0.25) is 4.79 Å². The molecule has 2 rings (SSSR count). The Hall–Kier alpha value is -1.34. The number of nitrogens with zero attached hydrogens (tertiary/aromatic N) is 3. The van der Waals surface area contributed by atoms with Crippen LogP contribution in [-0.4, -0.2) is 25.9 Å². The van der Waals surface area contributed by atoms with Crippen molar-refractivity contribution in [3.05, 3.63) is 17.5 Å². The van der Waals surface area contributed by atoms with E-state index >= 15 is 0 Å². The molecule has 2 N–H and O–H groups in total. The molecule has 0 saturated carbocycles. The van der Waals surface area contributed by atoms with Gasteiger partial charge in [-0.15, -0.1) is 21.5 Å². The molecule has 0 fully saturated rings. The molecule has 0 aromatic carbocycles. The van der Waals surface area contributed by atoms with Gasteiger partial charge in [0.05, 0.1) is 10.1 Å². The van der Waals surface area contributed by atoms with Crippen LogP contribution in [0.4, 0.5) is 0 Å². The molecule has 0 aliphatic rings. The highest BCUT2D eigenvalue weighted by Crippen LogP contribution is 2.27. The normalized spacial score (nSPS) is 12.6. The monoisotopic (exact) mass is 268 g/mol. The van der Waals surface area contributed by atoms with Gasteiger partial charge in [-0.25, -0.2) is 0 Å². The average Bonchev–Trinajstić information content (AvgIpc) is 2.89. The second-order valence-corrected chi connectivity index (χ2v) is 5.76. The third-order valence-electron chi connectivity index (χ3n) is 2.26. The van der Waals surface area contributed by atoms with Crippen molar-refractivity contribution >= 4 is 29.0 Å². The van der Waals surface area contributed by atoms with E-state index in [0.29, 0.717) is 5.16 Å². The first-order chi connectivity index (χ1) is 8.09. The minimum absolute atomic E-state index is 0.311. The predicted octanol–water partition coefficient (Wildman–Crippen LogP) is 1.51. The zero-order chi connectivity index (χ0) is 12.4. The maximum Gasteiger partial charge on any atom is 0.230 e. The lowest BCUT2D eigenvalue weighted by Gasteiger charge is -2.06. The first-order valence-corrected chi connectivity index (χ1v) is 6.74. The summed E-state index contributed by atoms with van der Waals surface area (Å²) >= 11 is 2.92. The van der Waals surface area contributed by atoms with Crippen LogP contribution in [0.1, 0.15) is 6.92 Å². The van der Waals surface area contributed by atoms with E-state index in [1.54, 1.807) is 18.3 Å². The van der Waals surface area contributed by atoms with Crippen LogP contribution < -0.4 is 5.73 Å². The average molecular weight is 268 g/mol. The number of carbonyl (C=O) groups is 1. The number of aromatic nitrogens is 3. The van der Waals surface area contributed by atoms with Crippen molar-refractivity contribution in [1.82, 2.24) is 14.8 Å². The predicted molar refractivity (Wildman–Crippen MR) is 68.8 cm³/mol. The SMILES string of the molecule is C[C@@H](Sc1nnc(-c2cccs2)n1C)C(N)=O. The molecule has 0 bridgehead atoms. The summed E-state index contributed by atoms with van der Waals surface area (Å²) in [6.45, 7) is 1.76. The van der Waals surface area contributed by atoms with E-state index in [2.05, 4.69) is 10.2 Å². The van der Waals surface area contributed by atoms with Crippen LogP contribution in [0.5, 0.6) is 0 Å². The van der Waals surface area contributed by atoms with Crippen molar-refractivity contribution in [3.63, 3.8) is 0 Å². The second-order valence-electron chi connectivity index (χ2n) is 3.50. The van der Waals surface area contributed by atoms with Crippen LogP contribution in [0.3, 0.4) is 0 Å². The third kappa shape index (κ3) is 2.50. The number of thiophene rings is 1. The molecule has 0 aliphatic carbocycles. The van der Waals surface area contributed by atoms with Crippen LogP contribution in [0.25, 0.3) is 10.7 Å². The van der Waals surface area contributed by atoms with E-state index in [-0.39, 0.29) is 11.2 Å². The molecule has 7 heteroatoms. The minimum Gasteiger partial charge on any atom is -0.369 e. The molecule has 1 atom stereocenters. The van der Waals surface area contributed by atoms with Crippen LogP contribution in [-0.2, 0) is 11.8 Å². The quantitative estimate of drug-likeness (QED) is 0.853. The molecular weight excluding hydrogens is 256 g/mol. The van der Waals surface area contributed by atoms with Gasteiger partial charge in [-0.2, -0.15) is 0 Å². The Bertz CT molecular complexity index is 520. The van der Waals surface area contributed by atoms with Gasteiger partial charge >= 0.3 is 0 Å². The molecule has 2 aromatic rings. The highest BCUT2D eigenvalue weighted by molar-refractivity contribution is 8.00. The molecule has 17 heavy (non-hydrogen) atoms. The summed E-state index contributed by atoms with van der Waals surface area (Å²) in [6.07, 6.45) is 0. The Balaban J connectivity index is 2.24. The maximum absolute atomic E-state index is 11.0. The molecule has 0 radical (unpaired) electrons. The van der Waals surface area contributed by atoms with E-state index in [4.69, 9.17) is 5.73 Å². The number of hydrogen-bond acceptors (Lipinski definition) is 5. The van der Waals surface area contributed by atoms with Crippen molar-refractivity contribution in [2.75, 3.05) is 0 Å². The summed E-state index contributed by atoms with van der Waals surface area (Å²) in [7, 11) is 1.88. The van der Waals surface area contributed by atoms with Crippen molar-refractivity contribution in [3.8, 4) is 10.7 Å². The molecule has 1 amide bonds. The summed E-state index contributed by atoms with van der Waals surface area (Å²) in [5.41, 5.74) is 5.22. The standard InChI is InChI=1S/C10H12N4OS2/c1-6(8(11)15)17-10-13-12-9(14(10)2)7-4-3-5-16-7/h3-6H,1-2H3,(H2,11,15)/t6-/m1/s1. The number of primary amides is 1. The first kappa shape index (κ1) is 12.1. The Morgan fingerprint density at radius 3 is 2.94 bits per heavy atom. The van der Waals surface area contributed by atoms with Gasteiger partial charge in [-0.05, 0) is 18.4 Å². The number of rotatable bonds is 4. The van der Waals surface area contributed by atoms with E-state index in [9.17, 15) is 4.79 Å². The fourth-order valence-corrected chi connectivity index (χ4v) is 2.76. The molecular formula is C10H12N4OS2. The summed E-state index contributed by atoms with van der Waals surface area (Å²) in [5, 5.41) is 10.6. The van der Waals surface area contributed by atoms with Crippen molar-refractivity contribution in [2.45, 2.75) is 17.3 Å². The largest absolute Gasteiger partial charge is 0.369 e. The molecule has 0 spiro atoms. The highest BCUT2D eigenvalue weighted by Gasteiger charge is 2.17. The van der Waals surface area contributed by atoms with E-state index in [1.807, 2.05) is 29.1 Å². The smallest absolute Gasteiger partial charge is 0.230 e. The van der Waals surface area contributed by atoms with Crippen LogP contribution >= 0.6 is 23.1 Å². The number of hydrogen-bond donors (Lipinski definition) is 1. The fraction of sp³-hybridized carbons (Fsp3) is 0.300. The van der Waals surface area contributed by atoms with Gasteiger partial charge in [0.15, 0.2) is 11.0 Å². The molecule has 90 valence electrons. The maximum atomic E-state index is 11.0. The summed E-state index contributed by atoms with van der Waals surface area (Å²) in [4.78, 5) is 12.1. The van der Waals surface area contributed by atoms with Gasteiger partial charge in [0.2, 0.25) is 5.91 Å². The van der Waals surface area contributed by atoms with Gasteiger partial charge in [0.25, 0.3) is 0 Å². The number of nitrogens with two attached hydrogens (primary N) is 1.